The molecular formula is C47H73N9O18. The summed E-state index contributed by atoms with van der Waals surface area (Å²) in [6.07, 6.45) is -0.532. The molecule has 0 aliphatic carbocycles. The van der Waals surface area contributed by atoms with Crippen LogP contribution in [-0.2, 0) is 44.9 Å². The molecule has 27 nitrogen and oxygen atoms in total. The van der Waals surface area contributed by atoms with Crippen LogP contribution in [0, 0.1) is 0 Å². The number of aliphatic carboxylic acids is 3. The number of esters is 1. The molecule has 0 bridgehead atoms. The molecular weight excluding hydrogens is 979 g/mol. The van der Waals surface area contributed by atoms with E-state index >= 15 is 0 Å². The summed E-state index contributed by atoms with van der Waals surface area (Å²) in [4.78, 5) is 138. The SMILES string of the molecule is CC1CN(C(=O)O)CCN(C(=O)O)CCN(C(=O)O)CCN1CC(=O)NCCCCC(NC(=O)CCCCCCC(=O)NCCCCC(NC(=O)NC(CCC(=O)O)C(=O)O)C(=O)O)C(=O)OCc1ccccc1. The zero-order chi connectivity index (χ0) is 55.0. The molecule has 11 N–H and O–H groups in total. The fraction of sp³-hybridized carbons (Fsp3) is 0.638. The lowest BCUT2D eigenvalue weighted by atomic mass is 10.1. The highest BCUT2D eigenvalue weighted by Gasteiger charge is 2.28. The lowest BCUT2D eigenvalue weighted by Gasteiger charge is -2.35. The van der Waals surface area contributed by atoms with Gasteiger partial charge in [0, 0.05) is 84.2 Å². The zero-order valence-corrected chi connectivity index (χ0v) is 41.7. The van der Waals surface area contributed by atoms with Crippen LogP contribution in [0.4, 0.5) is 19.2 Å². The molecule has 1 aromatic rings. The minimum absolute atomic E-state index is 0.0135. The molecule has 74 heavy (non-hydrogen) atoms. The fourth-order valence-electron chi connectivity index (χ4n) is 7.63. The number of hydrogen-bond donors (Lipinski definition) is 11. The molecule has 4 unspecified atom stereocenters. The highest BCUT2D eigenvalue weighted by atomic mass is 16.5. The van der Waals surface area contributed by atoms with Crippen molar-refractivity contribution in [2.75, 3.05) is 65.4 Å². The number of ether oxygens (including phenoxy) is 1. The van der Waals surface area contributed by atoms with Crippen molar-refractivity contribution in [1.29, 1.82) is 0 Å². The highest BCUT2D eigenvalue weighted by Crippen LogP contribution is 2.12. The summed E-state index contributed by atoms with van der Waals surface area (Å²) in [5.41, 5.74) is 0.749. The van der Waals surface area contributed by atoms with Gasteiger partial charge in [0.1, 0.15) is 24.7 Å². The van der Waals surface area contributed by atoms with Crippen molar-refractivity contribution in [2.24, 2.45) is 0 Å². The maximum absolute atomic E-state index is 13.2. The average molecular weight is 1050 g/mol. The van der Waals surface area contributed by atoms with E-state index in [4.69, 9.17) is 9.84 Å². The number of carbonyl (C=O) groups is 11. The Hall–Kier alpha value is -7.45. The van der Waals surface area contributed by atoms with Gasteiger partial charge in [-0.2, -0.15) is 0 Å². The van der Waals surface area contributed by atoms with Crippen LogP contribution in [-0.4, -0.2) is 206 Å². The minimum atomic E-state index is -1.53. The van der Waals surface area contributed by atoms with Crippen LogP contribution in [0.5, 0.6) is 0 Å². The van der Waals surface area contributed by atoms with Crippen molar-refractivity contribution < 1.29 is 88.1 Å². The average Bonchev–Trinajstić information content (AvgIpc) is 3.33. The molecule has 1 aliphatic heterocycles. The Balaban J connectivity index is 1.80. The number of unbranched alkanes of at least 4 members (excludes halogenated alkanes) is 5. The molecule has 0 spiro atoms. The van der Waals surface area contributed by atoms with E-state index in [9.17, 15) is 78.3 Å². The molecule has 414 valence electrons. The van der Waals surface area contributed by atoms with Crippen molar-refractivity contribution in [1.82, 2.24) is 46.2 Å². The van der Waals surface area contributed by atoms with Gasteiger partial charge in [-0.25, -0.2) is 33.6 Å². The molecule has 1 fully saturated rings. The molecule has 1 saturated heterocycles. The molecule has 27 heteroatoms. The van der Waals surface area contributed by atoms with Gasteiger partial charge in [-0.15, -0.1) is 0 Å². The van der Waals surface area contributed by atoms with Gasteiger partial charge in [0.15, 0.2) is 0 Å². The summed E-state index contributed by atoms with van der Waals surface area (Å²) in [5, 5.41) is 69.1. The van der Waals surface area contributed by atoms with Gasteiger partial charge >= 0.3 is 48.2 Å². The third kappa shape index (κ3) is 26.8. The van der Waals surface area contributed by atoms with Gasteiger partial charge in [0.2, 0.25) is 17.7 Å². The first-order valence-corrected chi connectivity index (χ1v) is 24.6. The Morgan fingerprint density at radius 1 is 0.541 bits per heavy atom. The van der Waals surface area contributed by atoms with Crippen LogP contribution in [0.3, 0.4) is 0 Å². The van der Waals surface area contributed by atoms with E-state index in [-0.39, 0.29) is 110 Å². The number of amides is 8. The normalized spacial score (nSPS) is 15.6. The lowest BCUT2D eigenvalue weighted by Crippen LogP contribution is -2.53. The Kier molecular flexibility index (Phi) is 29.5. The Labute approximate surface area is 428 Å². The van der Waals surface area contributed by atoms with Gasteiger partial charge in [-0.1, -0.05) is 43.2 Å². The quantitative estimate of drug-likeness (QED) is 0.0387. The predicted octanol–water partition coefficient (Wildman–Crippen LogP) is 1.84. The molecule has 4 atom stereocenters. The van der Waals surface area contributed by atoms with Crippen LogP contribution >= 0.6 is 0 Å². The second-order valence-electron chi connectivity index (χ2n) is 17.7. The van der Waals surface area contributed by atoms with Crippen LogP contribution in [0.1, 0.15) is 102 Å². The largest absolute Gasteiger partial charge is 0.481 e. The molecule has 0 radical (unpaired) electrons. The summed E-state index contributed by atoms with van der Waals surface area (Å²) in [6, 6.07) is 3.49. The van der Waals surface area contributed by atoms with E-state index in [1.807, 2.05) is 6.07 Å². The molecule has 1 aliphatic rings. The molecule has 0 aromatic heterocycles. The Morgan fingerprint density at radius 3 is 1.55 bits per heavy atom. The second kappa shape index (κ2) is 34.8. The second-order valence-corrected chi connectivity index (χ2v) is 17.7. The number of hydrogen-bond acceptors (Lipinski definition) is 13. The fourth-order valence-corrected chi connectivity index (χ4v) is 7.63. The van der Waals surface area contributed by atoms with Gasteiger partial charge in [-0.05, 0) is 70.3 Å². The maximum Gasteiger partial charge on any atom is 0.407 e. The van der Waals surface area contributed by atoms with Gasteiger partial charge in [0.05, 0.1) is 6.54 Å². The first-order chi connectivity index (χ1) is 35.2. The highest BCUT2D eigenvalue weighted by molar-refractivity contribution is 5.86. The third-order valence-corrected chi connectivity index (χ3v) is 11.9. The smallest absolute Gasteiger partial charge is 0.407 e. The van der Waals surface area contributed by atoms with Gasteiger partial charge in [0.25, 0.3) is 0 Å². The number of rotatable bonds is 30. The van der Waals surface area contributed by atoms with Crippen molar-refractivity contribution in [2.45, 2.75) is 128 Å². The molecule has 2 rings (SSSR count). The summed E-state index contributed by atoms with van der Waals surface area (Å²) in [7, 11) is 0. The number of carboxylic acids is 3. The topological polar surface area (TPSA) is 391 Å². The maximum atomic E-state index is 13.2. The number of nitrogens with zero attached hydrogens (tertiary/aromatic N) is 4. The number of carboxylic acid groups (broad SMARTS) is 6. The van der Waals surface area contributed by atoms with Crippen LogP contribution in [0.15, 0.2) is 30.3 Å². The van der Waals surface area contributed by atoms with Crippen LogP contribution in [0.25, 0.3) is 0 Å². The van der Waals surface area contributed by atoms with Crippen LogP contribution < -0.4 is 26.6 Å². The number of carbonyl (C=O) groups excluding carboxylic acids is 5. The number of benzene rings is 1. The third-order valence-electron chi connectivity index (χ3n) is 11.9. The van der Waals surface area contributed by atoms with Crippen molar-refractivity contribution in [3.63, 3.8) is 0 Å². The Bertz CT molecular complexity index is 2010. The lowest BCUT2D eigenvalue weighted by molar-refractivity contribution is -0.149. The minimum Gasteiger partial charge on any atom is -0.481 e. The number of urea groups is 1. The van der Waals surface area contributed by atoms with E-state index < -0.39 is 91.1 Å². The molecule has 8 amide bonds. The summed E-state index contributed by atoms with van der Waals surface area (Å²) >= 11 is 0. The van der Waals surface area contributed by atoms with E-state index in [0.717, 1.165) is 20.3 Å². The first kappa shape index (κ1) is 62.7. The zero-order valence-electron chi connectivity index (χ0n) is 41.7. The summed E-state index contributed by atoms with van der Waals surface area (Å²) in [6.45, 7) is 1.18. The van der Waals surface area contributed by atoms with Crippen LogP contribution in [0.2, 0.25) is 0 Å². The monoisotopic (exact) mass is 1050 g/mol. The predicted molar refractivity (Wildman–Crippen MR) is 261 cm³/mol. The summed E-state index contributed by atoms with van der Waals surface area (Å²) in [5.74, 6) is -5.74. The standard InChI is InChI=1S/C47H73N9O18/c1-32-29-56(47(72)73)28-26-54(46(70)71)24-23-53(45(68)69)25-27-55(32)30-39(59)49-22-12-10-16-36(43(66)74-31-33-13-5-4-6-14-33)50-38(58)18-8-3-2-7-17-37(57)48-21-11-9-15-34(41(62)63)51-44(67)52-35(42(64)65)19-20-40(60)61/h4-6,13-14,32,34-36H,2-3,7-12,15-31H2,1H3,(H,48,57)(H,49,59)(H,50,58)(H,60,61)(H,62,63)(H,64,65)(H,68,69)(H,70,71)(H,72,73)(H2,51,52,67). The van der Waals surface area contributed by atoms with E-state index in [1.54, 1.807) is 36.1 Å². The van der Waals surface area contributed by atoms with E-state index in [0.29, 0.717) is 51.4 Å². The molecule has 1 aromatic carbocycles. The van der Waals surface area contributed by atoms with Crippen molar-refractivity contribution >= 4 is 65.9 Å². The number of nitrogens with one attached hydrogen (secondary N) is 5. The van der Waals surface area contributed by atoms with E-state index in [2.05, 4.69) is 26.6 Å². The Morgan fingerprint density at radius 2 is 1.03 bits per heavy atom. The van der Waals surface area contributed by atoms with Crippen molar-refractivity contribution in [3.8, 4) is 0 Å². The van der Waals surface area contributed by atoms with Crippen molar-refractivity contribution in [3.05, 3.63) is 35.9 Å². The van der Waals surface area contributed by atoms with E-state index in [1.165, 1.54) is 0 Å². The molecule has 0 saturated carbocycles. The first-order valence-electron chi connectivity index (χ1n) is 24.6. The van der Waals surface area contributed by atoms with Gasteiger partial charge < -0.3 is 76.7 Å². The molecule has 1 heterocycles. The summed E-state index contributed by atoms with van der Waals surface area (Å²) < 4.78 is 5.53. The van der Waals surface area contributed by atoms with Gasteiger partial charge in [-0.3, -0.25) is 24.1 Å².